The van der Waals surface area contributed by atoms with Crippen molar-refractivity contribution in [3.63, 3.8) is 0 Å². The summed E-state index contributed by atoms with van der Waals surface area (Å²) >= 11 is 0. The molecule has 0 spiro atoms. The average Bonchev–Trinajstić information content (AvgIpc) is 2.42. The molecule has 1 atom stereocenters. The Kier molecular flexibility index (Phi) is 7.47. The number of benzene rings is 1. The number of halogens is 1. The Labute approximate surface area is 120 Å². The van der Waals surface area contributed by atoms with Gasteiger partial charge in [0.15, 0.2) is 5.96 Å². The van der Waals surface area contributed by atoms with E-state index in [9.17, 15) is 4.39 Å². The van der Waals surface area contributed by atoms with Crippen LogP contribution in [0.15, 0.2) is 29.3 Å². The number of ether oxygens (including phenoxy) is 1. The molecular formula is C15H24FN3O. The number of nitrogens with one attached hydrogen (secondary N) is 2. The number of unbranched alkanes of at least 4 members (excludes halogenated alkanes) is 1. The summed E-state index contributed by atoms with van der Waals surface area (Å²) in [6.45, 7) is 5.57. The van der Waals surface area contributed by atoms with Crippen LogP contribution in [0.2, 0.25) is 0 Å². The lowest BCUT2D eigenvalue weighted by atomic mass is 10.3. The molecule has 0 heterocycles. The minimum absolute atomic E-state index is 0.0819. The van der Waals surface area contributed by atoms with Crippen LogP contribution in [-0.2, 0) is 0 Å². The van der Waals surface area contributed by atoms with Crippen LogP contribution in [0.25, 0.3) is 0 Å². The van der Waals surface area contributed by atoms with Crippen LogP contribution in [0.3, 0.4) is 0 Å². The Hall–Kier alpha value is -1.78. The Morgan fingerprint density at radius 1 is 1.40 bits per heavy atom. The van der Waals surface area contributed by atoms with Gasteiger partial charge < -0.3 is 15.4 Å². The van der Waals surface area contributed by atoms with Gasteiger partial charge in [0.25, 0.3) is 0 Å². The van der Waals surface area contributed by atoms with Crippen molar-refractivity contribution in [1.29, 1.82) is 0 Å². The van der Waals surface area contributed by atoms with E-state index >= 15 is 0 Å². The van der Waals surface area contributed by atoms with Gasteiger partial charge in [-0.3, -0.25) is 4.99 Å². The van der Waals surface area contributed by atoms with Crippen molar-refractivity contribution < 1.29 is 9.13 Å². The molecule has 0 saturated heterocycles. The van der Waals surface area contributed by atoms with Crippen molar-refractivity contribution in [2.75, 3.05) is 20.1 Å². The lowest BCUT2D eigenvalue weighted by Crippen LogP contribution is -2.42. The third-order valence-electron chi connectivity index (χ3n) is 2.74. The SMILES string of the molecule is CCCCNC(=NC)NCC(C)Oc1cccc(F)c1. The van der Waals surface area contributed by atoms with Crippen LogP contribution in [0.5, 0.6) is 5.75 Å². The van der Waals surface area contributed by atoms with E-state index < -0.39 is 0 Å². The summed E-state index contributed by atoms with van der Waals surface area (Å²) in [6.07, 6.45) is 2.17. The van der Waals surface area contributed by atoms with E-state index in [0.29, 0.717) is 12.3 Å². The molecule has 2 N–H and O–H groups in total. The third kappa shape index (κ3) is 6.41. The molecule has 1 aromatic rings. The number of rotatable bonds is 7. The topological polar surface area (TPSA) is 45.7 Å². The Balaban J connectivity index is 2.33. The maximum atomic E-state index is 13.0. The first-order valence-electron chi connectivity index (χ1n) is 7.02. The minimum atomic E-state index is -0.292. The van der Waals surface area contributed by atoms with E-state index in [1.165, 1.54) is 12.1 Å². The van der Waals surface area contributed by atoms with Crippen LogP contribution in [0.1, 0.15) is 26.7 Å². The highest BCUT2D eigenvalue weighted by atomic mass is 19.1. The number of aliphatic imine (C=N–C) groups is 1. The maximum absolute atomic E-state index is 13.0. The second-order valence-corrected chi connectivity index (χ2v) is 4.62. The van der Waals surface area contributed by atoms with Crippen LogP contribution < -0.4 is 15.4 Å². The van der Waals surface area contributed by atoms with Gasteiger partial charge >= 0.3 is 0 Å². The summed E-state index contributed by atoms with van der Waals surface area (Å²) in [5.74, 6) is 1.00. The summed E-state index contributed by atoms with van der Waals surface area (Å²) in [5, 5.41) is 6.41. The second-order valence-electron chi connectivity index (χ2n) is 4.62. The Morgan fingerprint density at radius 2 is 2.20 bits per heavy atom. The zero-order chi connectivity index (χ0) is 14.8. The van der Waals surface area contributed by atoms with Gasteiger partial charge in [-0.25, -0.2) is 4.39 Å². The summed E-state index contributed by atoms with van der Waals surface area (Å²) < 4.78 is 18.7. The maximum Gasteiger partial charge on any atom is 0.191 e. The molecule has 0 radical (unpaired) electrons. The third-order valence-corrected chi connectivity index (χ3v) is 2.74. The quantitative estimate of drug-likeness (QED) is 0.459. The molecule has 0 aliphatic rings. The van der Waals surface area contributed by atoms with Crippen molar-refractivity contribution >= 4 is 5.96 Å². The van der Waals surface area contributed by atoms with Gasteiger partial charge in [0.1, 0.15) is 17.7 Å². The molecule has 5 heteroatoms. The molecule has 0 amide bonds. The van der Waals surface area contributed by atoms with Crippen molar-refractivity contribution in [1.82, 2.24) is 10.6 Å². The summed E-state index contributed by atoms with van der Waals surface area (Å²) in [4.78, 5) is 4.13. The molecule has 0 aliphatic heterocycles. The van der Waals surface area contributed by atoms with Gasteiger partial charge in [-0.2, -0.15) is 0 Å². The molecule has 0 fully saturated rings. The first kappa shape index (κ1) is 16.3. The molecule has 20 heavy (non-hydrogen) atoms. The van der Waals surface area contributed by atoms with Gasteiger partial charge in [0.05, 0.1) is 6.54 Å². The summed E-state index contributed by atoms with van der Waals surface area (Å²) in [6, 6.07) is 6.16. The van der Waals surface area contributed by atoms with Crippen LogP contribution in [0, 0.1) is 5.82 Å². The van der Waals surface area contributed by atoms with Gasteiger partial charge in [0.2, 0.25) is 0 Å². The fourth-order valence-corrected chi connectivity index (χ4v) is 1.66. The lowest BCUT2D eigenvalue weighted by molar-refractivity contribution is 0.223. The van der Waals surface area contributed by atoms with Gasteiger partial charge in [0, 0.05) is 19.7 Å². The van der Waals surface area contributed by atoms with Gasteiger partial charge in [-0.1, -0.05) is 19.4 Å². The first-order chi connectivity index (χ1) is 9.65. The Bertz CT molecular complexity index is 423. The molecule has 1 unspecified atom stereocenters. The molecule has 4 nitrogen and oxygen atoms in total. The van der Waals surface area contributed by atoms with E-state index in [1.807, 2.05) is 6.92 Å². The highest BCUT2D eigenvalue weighted by Gasteiger charge is 2.06. The van der Waals surface area contributed by atoms with Crippen molar-refractivity contribution in [2.24, 2.45) is 4.99 Å². The summed E-state index contributed by atoms with van der Waals surface area (Å²) in [7, 11) is 1.74. The van der Waals surface area contributed by atoms with E-state index in [0.717, 1.165) is 25.3 Å². The lowest BCUT2D eigenvalue weighted by Gasteiger charge is -2.17. The fraction of sp³-hybridized carbons (Fsp3) is 0.533. The van der Waals surface area contributed by atoms with Crippen molar-refractivity contribution in [3.05, 3.63) is 30.1 Å². The largest absolute Gasteiger partial charge is 0.489 e. The molecule has 0 saturated carbocycles. The highest BCUT2D eigenvalue weighted by Crippen LogP contribution is 2.13. The highest BCUT2D eigenvalue weighted by molar-refractivity contribution is 5.79. The fourth-order valence-electron chi connectivity index (χ4n) is 1.66. The standard InChI is InChI=1S/C15H24FN3O/c1-4-5-9-18-15(17-3)19-11-12(2)20-14-8-6-7-13(16)10-14/h6-8,10,12H,4-5,9,11H2,1-3H3,(H2,17,18,19). The molecule has 0 aliphatic carbocycles. The molecule has 1 rings (SSSR count). The Morgan fingerprint density at radius 3 is 2.85 bits per heavy atom. The summed E-state index contributed by atoms with van der Waals surface area (Å²) in [5.41, 5.74) is 0. The normalized spacial score (nSPS) is 12.9. The molecular weight excluding hydrogens is 257 g/mol. The van der Waals surface area contributed by atoms with Crippen LogP contribution >= 0.6 is 0 Å². The number of hydrogen-bond acceptors (Lipinski definition) is 2. The van der Waals surface area contributed by atoms with Crippen molar-refractivity contribution in [3.8, 4) is 5.75 Å². The average molecular weight is 281 g/mol. The number of guanidine groups is 1. The first-order valence-corrected chi connectivity index (χ1v) is 7.02. The molecule has 1 aromatic carbocycles. The van der Waals surface area contributed by atoms with E-state index in [2.05, 4.69) is 22.5 Å². The van der Waals surface area contributed by atoms with Crippen LogP contribution in [0.4, 0.5) is 4.39 Å². The molecule has 0 bridgehead atoms. The predicted octanol–water partition coefficient (Wildman–Crippen LogP) is 2.56. The zero-order valence-corrected chi connectivity index (χ0v) is 12.4. The second kappa shape index (κ2) is 9.18. The monoisotopic (exact) mass is 281 g/mol. The zero-order valence-electron chi connectivity index (χ0n) is 12.4. The smallest absolute Gasteiger partial charge is 0.191 e. The van der Waals surface area contributed by atoms with Crippen molar-refractivity contribution in [2.45, 2.75) is 32.8 Å². The molecule has 112 valence electrons. The minimum Gasteiger partial charge on any atom is -0.489 e. The van der Waals surface area contributed by atoms with Crippen LogP contribution in [-0.4, -0.2) is 32.2 Å². The van der Waals surface area contributed by atoms with E-state index in [-0.39, 0.29) is 11.9 Å². The van der Waals surface area contributed by atoms with E-state index in [4.69, 9.17) is 4.74 Å². The van der Waals surface area contributed by atoms with Gasteiger partial charge in [-0.05, 0) is 25.5 Å². The molecule has 0 aromatic heterocycles. The number of nitrogens with zero attached hydrogens (tertiary/aromatic N) is 1. The van der Waals surface area contributed by atoms with Gasteiger partial charge in [-0.15, -0.1) is 0 Å². The predicted molar refractivity (Wildman–Crippen MR) is 80.8 cm³/mol. The number of hydrogen-bond donors (Lipinski definition) is 2. The van der Waals surface area contributed by atoms with E-state index in [1.54, 1.807) is 19.2 Å².